The Bertz CT molecular complexity index is 1540. The van der Waals surface area contributed by atoms with Gasteiger partial charge in [0.1, 0.15) is 17.1 Å². The molecular weight excluding hydrogens is 507 g/mol. The number of piperidine rings is 1. The predicted octanol–water partition coefficient (Wildman–Crippen LogP) is 3.89. The van der Waals surface area contributed by atoms with Gasteiger partial charge in [-0.2, -0.15) is 0 Å². The van der Waals surface area contributed by atoms with Crippen molar-refractivity contribution in [3.63, 3.8) is 0 Å². The number of rotatable bonds is 7. The summed E-state index contributed by atoms with van der Waals surface area (Å²) in [7, 11) is 0. The number of carbonyl (C=O) groups excluding carboxylic acids is 1. The topological polar surface area (TPSA) is 77.7 Å². The van der Waals surface area contributed by atoms with Crippen molar-refractivity contribution in [1.82, 2.24) is 24.8 Å². The fourth-order valence-electron chi connectivity index (χ4n) is 7.08. The summed E-state index contributed by atoms with van der Waals surface area (Å²) < 4.78 is 15.5. The monoisotopic (exact) mass is 540 g/mol. The third kappa shape index (κ3) is 4.15. The van der Waals surface area contributed by atoms with Crippen molar-refractivity contribution in [3.8, 4) is 0 Å². The molecule has 0 saturated carbocycles. The SMILES string of the molecule is O=C1N(CCCn2cc(CO)nn2)CN(c2ccc(F)cc2)C12CCN([C@@H]1Cc3cccc4cccc1c34)CC2. The Hall–Kier alpha value is -3.82. The number of hydrogen-bond acceptors (Lipinski definition) is 6. The number of hydrogen-bond donors (Lipinski definition) is 1. The first-order valence-corrected chi connectivity index (χ1v) is 14.1. The number of anilines is 1. The molecule has 0 bridgehead atoms. The van der Waals surface area contributed by atoms with E-state index in [9.17, 15) is 14.3 Å². The van der Waals surface area contributed by atoms with E-state index in [1.165, 1.54) is 34.0 Å². The van der Waals surface area contributed by atoms with E-state index < -0.39 is 5.54 Å². The van der Waals surface area contributed by atoms with Crippen molar-refractivity contribution in [2.24, 2.45) is 0 Å². The molecule has 7 rings (SSSR count). The van der Waals surface area contributed by atoms with Crippen LogP contribution in [0.2, 0.25) is 0 Å². The lowest BCUT2D eigenvalue weighted by Crippen LogP contribution is -2.57. The average molecular weight is 541 g/mol. The number of carbonyl (C=O) groups is 1. The van der Waals surface area contributed by atoms with Crippen molar-refractivity contribution in [2.45, 2.75) is 50.4 Å². The minimum atomic E-state index is -0.636. The van der Waals surface area contributed by atoms with Gasteiger partial charge in [-0.05, 0) is 71.8 Å². The molecule has 8 nitrogen and oxygen atoms in total. The van der Waals surface area contributed by atoms with Gasteiger partial charge in [0.2, 0.25) is 5.91 Å². The number of amides is 1. The minimum absolute atomic E-state index is 0.140. The van der Waals surface area contributed by atoms with Crippen molar-refractivity contribution < 1.29 is 14.3 Å². The van der Waals surface area contributed by atoms with Crippen LogP contribution in [-0.4, -0.2) is 67.6 Å². The number of aryl methyl sites for hydroxylation is 1. The highest BCUT2D eigenvalue weighted by Crippen LogP contribution is 2.45. The molecule has 0 radical (unpaired) electrons. The lowest BCUT2D eigenvalue weighted by molar-refractivity contribution is -0.133. The van der Waals surface area contributed by atoms with E-state index in [-0.39, 0.29) is 18.3 Å². The molecule has 2 saturated heterocycles. The largest absolute Gasteiger partial charge is 0.390 e. The number of aliphatic hydroxyl groups excluding tert-OH is 1. The van der Waals surface area contributed by atoms with Gasteiger partial charge in [0.15, 0.2) is 0 Å². The summed E-state index contributed by atoms with van der Waals surface area (Å²) in [6, 6.07) is 20.1. The zero-order chi connectivity index (χ0) is 27.3. The number of aliphatic hydroxyl groups is 1. The van der Waals surface area contributed by atoms with Crippen LogP contribution < -0.4 is 4.90 Å². The molecule has 0 unspecified atom stereocenters. The van der Waals surface area contributed by atoms with E-state index >= 15 is 0 Å². The van der Waals surface area contributed by atoms with Gasteiger partial charge >= 0.3 is 0 Å². The molecule has 40 heavy (non-hydrogen) atoms. The standard InChI is InChI=1S/C31H33FN6O2/c32-24-8-10-26(11-9-24)38-21-36(14-3-15-37-19-25(20-39)33-34-37)30(40)31(38)12-16-35(17-13-31)28-18-23-6-1-4-22-5-2-7-27(28)29(22)23/h1-2,4-11,19,28,39H,3,12-18,20-21H2/t28-/m1/s1. The molecule has 1 spiro atoms. The molecule has 3 heterocycles. The van der Waals surface area contributed by atoms with Crippen LogP contribution >= 0.6 is 0 Å². The fraction of sp³-hybridized carbons (Fsp3) is 0.387. The normalized spacial score (nSPS) is 20.4. The number of nitrogens with zero attached hydrogens (tertiary/aromatic N) is 6. The first-order valence-electron chi connectivity index (χ1n) is 14.1. The van der Waals surface area contributed by atoms with Crippen LogP contribution in [0.15, 0.2) is 66.9 Å². The molecule has 2 fully saturated rings. The maximum Gasteiger partial charge on any atom is 0.250 e. The summed E-state index contributed by atoms with van der Waals surface area (Å²) in [6.07, 6.45) is 4.92. The van der Waals surface area contributed by atoms with Crippen LogP contribution in [0, 0.1) is 5.82 Å². The fourth-order valence-corrected chi connectivity index (χ4v) is 7.08. The Morgan fingerprint density at radius 3 is 2.52 bits per heavy atom. The maximum absolute atomic E-state index is 14.1. The van der Waals surface area contributed by atoms with E-state index in [1.54, 1.807) is 23.0 Å². The highest BCUT2D eigenvalue weighted by atomic mass is 19.1. The molecule has 2 aliphatic heterocycles. The van der Waals surface area contributed by atoms with Gasteiger partial charge in [0.05, 0.1) is 19.5 Å². The van der Waals surface area contributed by atoms with Gasteiger partial charge in [-0.3, -0.25) is 14.4 Å². The first-order chi connectivity index (χ1) is 19.6. The molecule has 3 aliphatic rings. The van der Waals surface area contributed by atoms with E-state index in [2.05, 4.69) is 56.5 Å². The minimum Gasteiger partial charge on any atom is -0.390 e. The van der Waals surface area contributed by atoms with Gasteiger partial charge in [-0.15, -0.1) is 5.10 Å². The maximum atomic E-state index is 14.1. The van der Waals surface area contributed by atoms with Crippen LogP contribution in [0.25, 0.3) is 10.8 Å². The summed E-state index contributed by atoms with van der Waals surface area (Å²) in [6.45, 7) is 3.21. The Labute approximate surface area is 232 Å². The summed E-state index contributed by atoms with van der Waals surface area (Å²) in [5.41, 5.74) is 3.59. The van der Waals surface area contributed by atoms with Crippen LogP contribution in [0.3, 0.4) is 0 Å². The summed E-state index contributed by atoms with van der Waals surface area (Å²) >= 11 is 0. The zero-order valence-electron chi connectivity index (χ0n) is 22.4. The molecule has 206 valence electrons. The lowest BCUT2D eigenvalue weighted by atomic mass is 9.84. The molecule has 3 aromatic carbocycles. The van der Waals surface area contributed by atoms with Crippen LogP contribution in [0.4, 0.5) is 10.1 Å². The number of aromatic nitrogens is 3. The molecule has 4 aromatic rings. The number of halogens is 1. The Balaban J connectivity index is 1.10. The Kier molecular flexibility index (Phi) is 6.28. The van der Waals surface area contributed by atoms with Gasteiger partial charge in [0.25, 0.3) is 0 Å². The van der Waals surface area contributed by atoms with Crippen LogP contribution in [-0.2, 0) is 24.4 Å². The molecule has 1 atom stereocenters. The summed E-state index contributed by atoms with van der Waals surface area (Å²) in [5.74, 6) is -0.122. The van der Waals surface area contributed by atoms with Crippen LogP contribution in [0.1, 0.15) is 42.1 Å². The lowest BCUT2D eigenvalue weighted by Gasteiger charge is -2.45. The van der Waals surface area contributed by atoms with Crippen molar-refractivity contribution >= 4 is 22.4 Å². The highest BCUT2D eigenvalue weighted by molar-refractivity contribution is 5.94. The third-order valence-corrected chi connectivity index (χ3v) is 9.08. The molecule has 1 aliphatic carbocycles. The second kappa shape index (κ2) is 9.98. The molecule has 1 N–H and O–H groups in total. The summed E-state index contributed by atoms with van der Waals surface area (Å²) in [5, 5.41) is 19.9. The quantitative estimate of drug-likeness (QED) is 0.383. The average Bonchev–Trinajstić information content (AvgIpc) is 3.67. The predicted molar refractivity (Wildman–Crippen MR) is 150 cm³/mol. The zero-order valence-corrected chi connectivity index (χ0v) is 22.4. The molecule has 1 aromatic heterocycles. The second-order valence-electron chi connectivity index (χ2n) is 11.2. The summed E-state index contributed by atoms with van der Waals surface area (Å²) in [4.78, 5) is 20.8. The molecular formula is C31H33FN6O2. The Morgan fingerprint density at radius 1 is 1.00 bits per heavy atom. The van der Waals surface area contributed by atoms with Gasteiger partial charge in [-0.1, -0.05) is 41.6 Å². The van der Waals surface area contributed by atoms with Gasteiger partial charge in [0, 0.05) is 37.9 Å². The van der Waals surface area contributed by atoms with Crippen LogP contribution in [0.5, 0.6) is 0 Å². The van der Waals surface area contributed by atoms with E-state index in [0.29, 0.717) is 31.5 Å². The van der Waals surface area contributed by atoms with E-state index in [0.717, 1.165) is 44.5 Å². The third-order valence-electron chi connectivity index (χ3n) is 9.08. The van der Waals surface area contributed by atoms with Crippen molar-refractivity contribution in [2.75, 3.05) is 31.2 Å². The number of benzene rings is 3. The highest BCUT2D eigenvalue weighted by Gasteiger charge is 2.54. The van der Waals surface area contributed by atoms with Gasteiger partial charge in [-0.25, -0.2) is 4.39 Å². The smallest absolute Gasteiger partial charge is 0.250 e. The van der Waals surface area contributed by atoms with E-state index in [1.807, 2.05) is 4.90 Å². The Morgan fingerprint density at radius 2 is 1.77 bits per heavy atom. The van der Waals surface area contributed by atoms with Gasteiger partial charge < -0.3 is 14.9 Å². The van der Waals surface area contributed by atoms with E-state index in [4.69, 9.17) is 0 Å². The van der Waals surface area contributed by atoms with Crippen molar-refractivity contribution in [1.29, 1.82) is 0 Å². The first kappa shape index (κ1) is 25.2. The molecule has 1 amide bonds. The number of likely N-dealkylation sites (tertiary alicyclic amines) is 1. The van der Waals surface area contributed by atoms with Crippen molar-refractivity contribution in [3.05, 3.63) is 89.5 Å². The second-order valence-corrected chi connectivity index (χ2v) is 11.2. The molecule has 9 heteroatoms.